The molecule has 1 aliphatic heterocycles. The van der Waals surface area contributed by atoms with E-state index in [0.29, 0.717) is 6.04 Å². The molecule has 2 aromatic rings. The summed E-state index contributed by atoms with van der Waals surface area (Å²) in [6.45, 7) is 2.66. The number of nitrogens with one attached hydrogen (secondary N) is 1. The summed E-state index contributed by atoms with van der Waals surface area (Å²) in [7, 11) is 0. The summed E-state index contributed by atoms with van der Waals surface area (Å²) in [6, 6.07) is 11.0. The van der Waals surface area contributed by atoms with Gasteiger partial charge in [-0.05, 0) is 36.6 Å². The summed E-state index contributed by atoms with van der Waals surface area (Å²) in [4.78, 5) is 4.33. The van der Waals surface area contributed by atoms with Crippen molar-refractivity contribution >= 4 is 10.9 Å². The molecule has 1 N–H and O–H groups in total. The Morgan fingerprint density at radius 2 is 2.33 bits per heavy atom. The minimum Gasteiger partial charge on any atom is -0.380 e. The predicted molar refractivity (Wildman–Crippen MR) is 72.4 cm³/mol. The highest BCUT2D eigenvalue weighted by atomic mass is 16.5. The van der Waals surface area contributed by atoms with E-state index in [1.807, 2.05) is 12.3 Å². The number of nitrogens with zero attached hydrogens (tertiary/aromatic N) is 1. The lowest BCUT2D eigenvalue weighted by atomic mass is 10.1. The second kappa shape index (κ2) is 5.46. The molecule has 3 nitrogen and oxygen atoms in total. The van der Waals surface area contributed by atoms with Gasteiger partial charge in [-0.15, -0.1) is 0 Å². The maximum atomic E-state index is 5.47. The van der Waals surface area contributed by atoms with E-state index in [1.54, 1.807) is 0 Å². The van der Waals surface area contributed by atoms with Gasteiger partial charge in [-0.2, -0.15) is 0 Å². The van der Waals surface area contributed by atoms with Gasteiger partial charge in [0.15, 0.2) is 0 Å². The van der Waals surface area contributed by atoms with E-state index in [1.165, 1.54) is 23.8 Å². The summed E-state index contributed by atoms with van der Waals surface area (Å²) in [5, 5.41) is 4.76. The lowest BCUT2D eigenvalue weighted by molar-refractivity contribution is 0.0699. The minimum atomic E-state index is 0.503. The van der Waals surface area contributed by atoms with Crippen LogP contribution in [0, 0.1) is 0 Å². The first-order chi connectivity index (χ1) is 8.92. The third-order valence-corrected chi connectivity index (χ3v) is 3.42. The van der Waals surface area contributed by atoms with Gasteiger partial charge in [-0.1, -0.05) is 12.1 Å². The lowest BCUT2D eigenvalue weighted by Gasteiger charge is -2.23. The van der Waals surface area contributed by atoms with Gasteiger partial charge in [0.2, 0.25) is 0 Å². The van der Waals surface area contributed by atoms with Gasteiger partial charge in [-0.3, -0.25) is 4.98 Å². The van der Waals surface area contributed by atoms with E-state index in [-0.39, 0.29) is 0 Å². The fourth-order valence-corrected chi connectivity index (χ4v) is 2.40. The van der Waals surface area contributed by atoms with Crippen molar-refractivity contribution in [2.45, 2.75) is 25.4 Å². The van der Waals surface area contributed by atoms with Crippen LogP contribution in [-0.4, -0.2) is 24.2 Å². The van der Waals surface area contributed by atoms with Crippen molar-refractivity contribution in [2.24, 2.45) is 0 Å². The maximum absolute atomic E-state index is 5.47. The number of benzene rings is 1. The molecule has 1 fully saturated rings. The van der Waals surface area contributed by atoms with Crippen LogP contribution in [0.3, 0.4) is 0 Å². The zero-order chi connectivity index (χ0) is 12.2. The average molecular weight is 242 g/mol. The van der Waals surface area contributed by atoms with Crippen LogP contribution < -0.4 is 5.32 Å². The van der Waals surface area contributed by atoms with Gasteiger partial charge in [0.1, 0.15) is 0 Å². The highest BCUT2D eigenvalue weighted by molar-refractivity contribution is 5.78. The van der Waals surface area contributed by atoms with Crippen molar-refractivity contribution in [3.05, 3.63) is 42.1 Å². The Bertz CT molecular complexity index is 521. The van der Waals surface area contributed by atoms with E-state index in [0.717, 1.165) is 25.3 Å². The Morgan fingerprint density at radius 1 is 1.33 bits per heavy atom. The van der Waals surface area contributed by atoms with Crippen molar-refractivity contribution < 1.29 is 4.74 Å². The Hall–Kier alpha value is -1.45. The van der Waals surface area contributed by atoms with Crippen molar-refractivity contribution in [3.63, 3.8) is 0 Å². The molecule has 1 aromatic carbocycles. The molecule has 18 heavy (non-hydrogen) atoms. The first-order valence-electron chi connectivity index (χ1n) is 6.56. The molecule has 1 unspecified atom stereocenters. The molecule has 0 aliphatic carbocycles. The molecule has 3 heteroatoms. The topological polar surface area (TPSA) is 34.2 Å². The van der Waals surface area contributed by atoms with Crippen LogP contribution in [0.25, 0.3) is 10.9 Å². The number of fused-ring (bicyclic) bond motifs is 1. The number of rotatable bonds is 3. The highest BCUT2D eigenvalue weighted by Gasteiger charge is 2.12. The zero-order valence-electron chi connectivity index (χ0n) is 10.4. The summed E-state index contributed by atoms with van der Waals surface area (Å²) < 4.78 is 5.47. The molecule has 0 saturated carbocycles. The van der Waals surface area contributed by atoms with Crippen molar-refractivity contribution in [2.75, 3.05) is 13.2 Å². The van der Waals surface area contributed by atoms with Gasteiger partial charge in [-0.25, -0.2) is 0 Å². The van der Waals surface area contributed by atoms with E-state index in [2.05, 4.69) is 34.6 Å². The molecular weight excluding hydrogens is 224 g/mol. The van der Waals surface area contributed by atoms with Crippen molar-refractivity contribution in [1.29, 1.82) is 0 Å². The molecule has 0 spiro atoms. The minimum absolute atomic E-state index is 0.503. The quantitative estimate of drug-likeness (QED) is 0.898. The van der Waals surface area contributed by atoms with E-state index in [4.69, 9.17) is 4.74 Å². The molecule has 1 aromatic heterocycles. The summed E-state index contributed by atoms with van der Waals surface area (Å²) in [6.07, 6.45) is 4.22. The number of ether oxygens (including phenoxy) is 1. The Kier molecular flexibility index (Phi) is 3.53. The smallest absolute Gasteiger partial charge is 0.0702 e. The zero-order valence-corrected chi connectivity index (χ0v) is 10.4. The van der Waals surface area contributed by atoms with E-state index < -0.39 is 0 Å². The van der Waals surface area contributed by atoms with Crippen LogP contribution in [0.15, 0.2) is 36.5 Å². The lowest BCUT2D eigenvalue weighted by Crippen LogP contribution is -2.36. The number of hydrogen-bond acceptors (Lipinski definition) is 3. The second-order valence-corrected chi connectivity index (χ2v) is 4.83. The standard InChI is InChI=1S/C15H18N2O/c1-3-13-9-12(5-6-15(13)16-7-1)10-17-14-4-2-8-18-11-14/h1,3,5-7,9,14,17H,2,4,8,10-11H2. The average Bonchev–Trinajstić information content (AvgIpc) is 2.46. The van der Waals surface area contributed by atoms with Gasteiger partial charge < -0.3 is 10.1 Å². The van der Waals surface area contributed by atoms with Crippen LogP contribution in [0.2, 0.25) is 0 Å². The van der Waals surface area contributed by atoms with Gasteiger partial charge in [0, 0.05) is 30.8 Å². The van der Waals surface area contributed by atoms with Crippen LogP contribution in [0.4, 0.5) is 0 Å². The summed E-state index contributed by atoms with van der Waals surface area (Å²) in [5.41, 5.74) is 2.36. The van der Waals surface area contributed by atoms with Gasteiger partial charge >= 0.3 is 0 Å². The van der Waals surface area contributed by atoms with Crippen LogP contribution in [0.1, 0.15) is 18.4 Å². The fraction of sp³-hybridized carbons (Fsp3) is 0.400. The molecule has 2 heterocycles. The normalized spacial score (nSPS) is 20.1. The molecule has 94 valence electrons. The van der Waals surface area contributed by atoms with Gasteiger partial charge in [0.05, 0.1) is 12.1 Å². The van der Waals surface area contributed by atoms with Crippen LogP contribution in [-0.2, 0) is 11.3 Å². The van der Waals surface area contributed by atoms with Crippen molar-refractivity contribution in [3.8, 4) is 0 Å². The SMILES string of the molecule is c1cnc2ccc(CNC3CCCOC3)cc2c1. The molecule has 3 rings (SSSR count). The third kappa shape index (κ3) is 2.68. The summed E-state index contributed by atoms with van der Waals surface area (Å²) >= 11 is 0. The Labute approximate surface area is 107 Å². The fourth-order valence-electron chi connectivity index (χ4n) is 2.40. The monoisotopic (exact) mass is 242 g/mol. The van der Waals surface area contributed by atoms with Crippen molar-refractivity contribution in [1.82, 2.24) is 10.3 Å². The number of aromatic nitrogens is 1. The Morgan fingerprint density at radius 3 is 3.22 bits per heavy atom. The third-order valence-electron chi connectivity index (χ3n) is 3.42. The second-order valence-electron chi connectivity index (χ2n) is 4.83. The van der Waals surface area contributed by atoms with Crippen LogP contribution >= 0.6 is 0 Å². The van der Waals surface area contributed by atoms with Crippen LogP contribution in [0.5, 0.6) is 0 Å². The molecule has 0 radical (unpaired) electrons. The highest BCUT2D eigenvalue weighted by Crippen LogP contribution is 2.14. The molecule has 1 aliphatic rings. The number of pyridine rings is 1. The van der Waals surface area contributed by atoms with Gasteiger partial charge in [0.25, 0.3) is 0 Å². The number of hydrogen-bond donors (Lipinski definition) is 1. The first kappa shape index (κ1) is 11.6. The maximum Gasteiger partial charge on any atom is 0.0702 e. The Balaban J connectivity index is 1.66. The predicted octanol–water partition coefficient (Wildman–Crippen LogP) is 2.50. The molecule has 0 bridgehead atoms. The largest absolute Gasteiger partial charge is 0.380 e. The summed E-state index contributed by atoms with van der Waals surface area (Å²) in [5.74, 6) is 0. The first-order valence-corrected chi connectivity index (χ1v) is 6.56. The molecule has 1 atom stereocenters. The molecular formula is C15H18N2O. The van der Waals surface area contributed by atoms with E-state index in [9.17, 15) is 0 Å². The molecule has 1 saturated heterocycles. The molecule has 0 amide bonds. The van der Waals surface area contributed by atoms with E-state index >= 15 is 0 Å².